The summed E-state index contributed by atoms with van der Waals surface area (Å²) < 4.78 is 26.4. The number of hydrogen-bond acceptors (Lipinski definition) is 1. The van der Waals surface area contributed by atoms with Gasteiger partial charge < -0.3 is 5.11 Å². The molecule has 0 amide bonds. The van der Waals surface area contributed by atoms with Crippen LogP contribution in [0.1, 0.15) is 22.6 Å². The molecule has 0 aromatic heterocycles. The van der Waals surface area contributed by atoms with Crippen LogP contribution in [-0.4, -0.2) is 11.2 Å². The van der Waals surface area contributed by atoms with E-state index in [2.05, 4.69) is 0 Å². The Balaban J connectivity index is 1.75. The molecule has 2 atom stereocenters. The standard InChI is InChI=1S/C16H14F2O/c17-12-6-5-11(15(18)9-12)8-16(19)14-7-10-3-1-2-4-13(10)14/h1-6,9,14,16,19H,7-8H2. The van der Waals surface area contributed by atoms with Crippen LogP contribution >= 0.6 is 0 Å². The maximum atomic E-state index is 13.5. The second kappa shape index (κ2) is 4.74. The Morgan fingerprint density at radius 1 is 1.16 bits per heavy atom. The first kappa shape index (κ1) is 12.3. The van der Waals surface area contributed by atoms with E-state index in [0.717, 1.165) is 18.1 Å². The Bertz CT molecular complexity index is 609. The second-order valence-electron chi connectivity index (χ2n) is 5.02. The molecule has 0 radical (unpaired) electrons. The van der Waals surface area contributed by atoms with Gasteiger partial charge in [-0.25, -0.2) is 8.78 Å². The Labute approximate surface area is 110 Å². The fraction of sp³-hybridized carbons (Fsp3) is 0.250. The van der Waals surface area contributed by atoms with E-state index in [9.17, 15) is 13.9 Å². The van der Waals surface area contributed by atoms with Gasteiger partial charge in [0.2, 0.25) is 0 Å². The van der Waals surface area contributed by atoms with Gasteiger partial charge in [0, 0.05) is 18.4 Å². The van der Waals surface area contributed by atoms with E-state index >= 15 is 0 Å². The minimum absolute atomic E-state index is 0.0562. The van der Waals surface area contributed by atoms with Crippen molar-refractivity contribution >= 4 is 0 Å². The van der Waals surface area contributed by atoms with Crippen LogP contribution in [0.15, 0.2) is 42.5 Å². The highest BCUT2D eigenvalue weighted by Gasteiger charge is 2.31. The molecular formula is C16H14F2O. The van der Waals surface area contributed by atoms with Gasteiger partial charge >= 0.3 is 0 Å². The SMILES string of the molecule is OC(Cc1ccc(F)cc1F)C1Cc2ccccc21. The smallest absolute Gasteiger partial charge is 0.129 e. The molecule has 0 aliphatic heterocycles. The first-order chi connectivity index (χ1) is 9.15. The van der Waals surface area contributed by atoms with E-state index in [1.165, 1.54) is 17.7 Å². The summed E-state index contributed by atoms with van der Waals surface area (Å²) in [7, 11) is 0. The summed E-state index contributed by atoms with van der Waals surface area (Å²) in [5.41, 5.74) is 2.74. The van der Waals surface area contributed by atoms with Crippen LogP contribution in [0.2, 0.25) is 0 Å². The Kier molecular flexibility index (Phi) is 3.07. The van der Waals surface area contributed by atoms with Crippen LogP contribution in [0.5, 0.6) is 0 Å². The van der Waals surface area contributed by atoms with Crippen molar-refractivity contribution in [3.63, 3.8) is 0 Å². The van der Waals surface area contributed by atoms with Gasteiger partial charge in [-0.3, -0.25) is 0 Å². The normalized spacial score (nSPS) is 18.6. The van der Waals surface area contributed by atoms with Crippen LogP contribution in [0, 0.1) is 11.6 Å². The third-order valence-electron chi connectivity index (χ3n) is 3.80. The zero-order valence-electron chi connectivity index (χ0n) is 10.3. The zero-order chi connectivity index (χ0) is 13.4. The molecule has 0 saturated carbocycles. The minimum Gasteiger partial charge on any atom is -0.392 e. The molecule has 98 valence electrons. The van der Waals surface area contributed by atoms with Crippen molar-refractivity contribution in [1.29, 1.82) is 0 Å². The van der Waals surface area contributed by atoms with Gasteiger partial charge in [0.05, 0.1) is 6.10 Å². The molecule has 1 aliphatic carbocycles. The van der Waals surface area contributed by atoms with E-state index in [1.807, 2.05) is 24.3 Å². The molecule has 1 nitrogen and oxygen atoms in total. The molecule has 0 fully saturated rings. The molecule has 2 unspecified atom stereocenters. The molecule has 3 heteroatoms. The largest absolute Gasteiger partial charge is 0.392 e. The third kappa shape index (κ3) is 2.26. The fourth-order valence-corrected chi connectivity index (χ4v) is 2.70. The topological polar surface area (TPSA) is 20.2 Å². The van der Waals surface area contributed by atoms with E-state index in [0.29, 0.717) is 5.56 Å². The highest BCUT2D eigenvalue weighted by atomic mass is 19.1. The van der Waals surface area contributed by atoms with Crippen LogP contribution < -0.4 is 0 Å². The van der Waals surface area contributed by atoms with Gasteiger partial charge in [0.15, 0.2) is 0 Å². The summed E-state index contributed by atoms with van der Waals surface area (Å²) in [4.78, 5) is 0. The number of benzene rings is 2. The summed E-state index contributed by atoms with van der Waals surface area (Å²) in [6.07, 6.45) is 0.403. The van der Waals surface area contributed by atoms with Gasteiger partial charge in [0.25, 0.3) is 0 Å². The van der Waals surface area contributed by atoms with Crippen molar-refractivity contribution in [1.82, 2.24) is 0 Å². The molecule has 3 rings (SSSR count). The molecule has 1 N–H and O–H groups in total. The van der Waals surface area contributed by atoms with Gasteiger partial charge in [-0.15, -0.1) is 0 Å². The number of aliphatic hydroxyl groups is 1. The van der Waals surface area contributed by atoms with Crippen molar-refractivity contribution in [2.24, 2.45) is 0 Å². The lowest BCUT2D eigenvalue weighted by Crippen LogP contribution is -2.30. The Morgan fingerprint density at radius 3 is 2.68 bits per heavy atom. The lowest BCUT2D eigenvalue weighted by Gasteiger charge is -2.34. The summed E-state index contributed by atoms with van der Waals surface area (Å²) in [5, 5.41) is 10.2. The van der Waals surface area contributed by atoms with E-state index in [1.54, 1.807) is 0 Å². The van der Waals surface area contributed by atoms with Crippen molar-refractivity contribution in [3.8, 4) is 0 Å². The van der Waals surface area contributed by atoms with Crippen LogP contribution in [-0.2, 0) is 12.8 Å². The highest BCUT2D eigenvalue weighted by molar-refractivity contribution is 5.41. The monoisotopic (exact) mass is 260 g/mol. The molecule has 2 aromatic rings. The quantitative estimate of drug-likeness (QED) is 0.898. The molecule has 0 saturated heterocycles. The molecular weight excluding hydrogens is 246 g/mol. The minimum atomic E-state index is -0.630. The van der Waals surface area contributed by atoms with E-state index in [4.69, 9.17) is 0 Å². The molecule has 0 heterocycles. The number of halogens is 2. The van der Waals surface area contributed by atoms with E-state index in [-0.39, 0.29) is 12.3 Å². The van der Waals surface area contributed by atoms with Crippen LogP contribution in [0.25, 0.3) is 0 Å². The average Bonchev–Trinajstić information content (AvgIpc) is 2.34. The summed E-state index contributed by atoms with van der Waals surface area (Å²) in [6.45, 7) is 0. The van der Waals surface area contributed by atoms with Gasteiger partial charge in [0.1, 0.15) is 11.6 Å². The molecule has 0 bridgehead atoms. The summed E-state index contributed by atoms with van der Waals surface area (Å²) in [6, 6.07) is 11.4. The maximum absolute atomic E-state index is 13.5. The average molecular weight is 260 g/mol. The maximum Gasteiger partial charge on any atom is 0.129 e. The molecule has 2 aromatic carbocycles. The van der Waals surface area contributed by atoms with Gasteiger partial charge in [-0.05, 0) is 29.2 Å². The second-order valence-corrected chi connectivity index (χ2v) is 5.02. The van der Waals surface area contributed by atoms with Crippen LogP contribution in [0.3, 0.4) is 0 Å². The molecule has 19 heavy (non-hydrogen) atoms. The summed E-state index contributed by atoms with van der Waals surface area (Å²) >= 11 is 0. The Morgan fingerprint density at radius 2 is 1.95 bits per heavy atom. The zero-order valence-corrected chi connectivity index (χ0v) is 10.3. The number of aliphatic hydroxyl groups excluding tert-OH is 1. The third-order valence-corrected chi connectivity index (χ3v) is 3.80. The van der Waals surface area contributed by atoms with Gasteiger partial charge in [-0.1, -0.05) is 30.3 Å². The fourth-order valence-electron chi connectivity index (χ4n) is 2.70. The number of rotatable bonds is 3. The first-order valence-corrected chi connectivity index (χ1v) is 6.35. The van der Waals surface area contributed by atoms with Crippen molar-refractivity contribution < 1.29 is 13.9 Å². The molecule has 1 aliphatic rings. The van der Waals surface area contributed by atoms with Crippen molar-refractivity contribution in [2.45, 2.75) is 24.9 Å². The molecule has 0 spiro atoms. The number of fused-ring (bicyclic) bond motifs is 1. The lowest BCUT2D eigenvalue weighted by molar-refractivity contribution is 0.132. The van der Waals surface area contributed by atoms with Crippen molar-refractivity contribution in [2.75, 3.05) is 0 Å². The van der Waals surface area contributed by atoms with Gasteiger partial charge in [-0.2, -0.15) is 0 Å². The highest BCUT2D eigenvalue weighted by Crippen LogP contribution is 2.38. The Hall–Kier alpha value is -1.74. The first-order valence-electron chi connectivity index (χ1n) is 6.35. The van der Waals surface area contributed by atoms with Crippen LogP contribution in [0.4, 0.5) is 8.78 Å². The lowest BCUT2D eigenvalue weighted by atomic mass is 9.73. The number of hydrogen-bond donors (Lipinski definition) is 1. The van der Waals surface area contributed by atoms with Crippen molar-refractivity contribution in [3.05, 3.63) is 70.8 Å². The predicted molar refractivity (Wildman–Crippen MR) is 69.0 cm³/mol. The van der Waals surface area contributed by atoms with E-state index < -0.39 is 17.7 Å². The predicted octanol–water partition coefficient (Wildman–Crippen LogP) is 3.21. The summed E-state index contributed by atoms with van der Waals surface area (Å²) in [5.74, 6) is -1.13.